The van der Waals surface area contributed by atoms with Crippen LogP contribution in [0.1, 0.15) is 45.4 Å². The summed E-state index contributed by atoms with van der Waals surface area (Å²) in [4.78, 5) is 12.4. The summed E-state index contributed by atoms with van der Waals surface area (Å²) >= 11 is 0. The van der Waals surface area contributed by atoms with Crippen molar-refractivity contribution < 1.29 is 19.4 Å². The van der Waals surface area contributed by atoms with Crippen molar-refractivity contribution in [2.75, 3.05) is 7.05 Å². The van der Waals surface area contributed by atoms with Crippen LogP contribution < -0.4 is 0 Å². The van der Waals surface area contributed by atoms with Gasteiger partial charge >= 0.3 is 6.09 Å². The molecule has 1 heterocycles. The van der Waals surface area contributed by atoms with Gasteiger partial charge < -0.3 is 19.5 Å². The van der Waals surface area contributed by atoms with E-state index in [2.05, 4.69) is 0 Å². The molecule has 0 unspecified atom stereocenters. The fourth-order valence-electron chi connectivity index (χ4n) is 2.17. The second-order valence-electron chi connectivity index (χ2n) is 5.68. The van der Waals surface area contributed by atoms with Crippen molar-refractivity contribution >= 4 is 6.09 Å². The van der Waals surface area contributed by atoms with E-state index in [0.717, 1.165) is 0 Å². The molecule has 0 fully saturated rings. The fourth-order valence-corrected chi connectivity index (χ4v) is 2.17. The Kier molecular flexibility index (Phi) is 5.00. The molecule has 0 saturated carbocycles. The summed E-state index contributed by atoms with van der Waals surface area (Å²) < 4.78 is 5.35. The highest BCUT2D eigenvalue weighted by Crippen LogP contribution is 2.32. The molecule has 0 saturated heterocycles. The molecule has 0 aromatic carbocycles. The third-order valence-corrected chi connectivity index (χ3v) is 3.30. The summed E-state index contributed by atoms with van der Waals surface area (Å²) in [6.45, 7) is 5.48. The molecule has 0 aliphatic heterocycles. The van der Waals surface area contributed by atoms with Crippen LogP contribution in [0.5, 0.6) is 0 Å². The van der Waals surface area contributed by atoms with Crippen LogP contribution in [0.25, 0.3) is 0 Å². The Labute approximate surface area is 113 Å². The van der Waals surface area contributed by atoms with E-state index in [0.29, 0.717) is 18.6 Å². The standard InChI is InChI=1S/C14H23NO4/c1-10(7-8-14(2,3)18)12(15(4)13(16)17)11-6-5-9-19-11/h5-6,9-10,12,18H,7-8H2,1-4H3,(H,16,17)/t10-,12+/m1/s1. The van der Waals surface area contributed by atoms with Gasteiger partial charge in [-0.1, -0.05) is 6.92 Å². The number of rotatable bonds is 6. The molecule has 1 rings (SSSR count). The maximum atomic E-state index is 11.2. The maximum Gasteiger partial charge on any atom is 0.407 e. The van der Waals surface area contributed by atoms with Crippen molar-refractivity contribution in [3.05, 3.63) is 24.2 Å². The largest absolute Gasteiger partial charge is 0.467 e. The number of hydrogen-bond donors (Lipinski definition) is 2. The molecule has 0 radical (unpaired) electrons. The molecular formula is C14H23NO4. The average molecular weight is 269 g/mol. The molecule has 1 aromatic rings. The number of aliphatic hydroxyl groups is 1. The molecule has 19 heavy (non-hydrogen) atoms. The van der Waals surface area contributed by atoms with E-state index in [1.165, 1.54) is 11.9 Å². The lowest BCUT2D eigenvalue weighted by atomic mass is 9.89. The van der Waals surface area contributed by atoms with E-state index >= 15 is 0 Å². The molecule has 5 heteroatoms. The minimum Gasteiger partial charge on any atom is -0.467 e. The summed E-state index contributed by atoms with van der Waals surface area (Å²) in [6, 6.07) is 3.20. The van der Waals surface area contributed by atoms with Crippen LogP contribution in [0.2, 0.25) is 0 Å². The first-order valence-electron chi connectivity index (χ1n) is 6.44. The van der Waals surface area contributed by atoms with Crippen LogP contribution in [0, 0.1) is 5.92 Å². The number of carboxylic acid groups (broad SMARTS) is 1. The van der Waals surface area contributed by atoms with Gasteiger partial charge in [-0.3, -0.25) is 0 Å². The van der Waals surface area contributed by atoms with Gasteiger partial charge in [0.2, 0.25) is 0 Å². The lowest BCUT2D eigenvalue weighted by Gasteiger charge is -2.30. The summed E-state index contributed by atoms with van der Waals surface area (Å²) in [5, 5.41) is 18.9. The van der Waals surface area contributed by atoms with Crippen molar-refractivity contribution in [1.82, 2.24) is 4.90 Å². The highest BCUT2D eigenvalue weighted by Gasteiger charge is 2.30. The van der Waals surface area contributed by atoms with Gasteiger partial charge in [0.05, 0.1) is 17.9 Å². The van der Waals surface area contributed by atoms with Gasteiger partial charge in [0.1, 0.15) is 5.76 Å². The maximum absolute atomic E-state index is 11.2. The van der Waals surface area contributed by atoms with Crippen LogP contribution in [0.3, 0.4) is 0 Å². The Morgan fingerprint density at radius 1 is 1.53 bits per heavy atom. The zero-order valence-electron chi connectivity index (χ0n) is 12.0. The molecule has 2 atom stereocenters. The molecule has 0 spiro atoms. The Balaban J connectivity index is 2.82. The SMILES string of the molecule is C[C@H](CCC(C)(C)O)[C@@H](c1ccco1)N(C)C(=O)O. The first-order valence-corrected chi connectivity index (χ1v) is 6.44. The van der Waals surface area contributed by atoms with Crippen molar-refractivity contribution in [2.45, 2.75) is 45.3 Å². The summed E-state index contributed by atoms with van der Waals surface area (Å²) in [6.07, 6.45) is 1.88. The predicted octanol–water partition coefficient (Wildman–Crippen LogP) is 3.12. The second-order valence-corrected chi connectivity index (χ2v) is 5.68. The smallest absolute Gasteiger partial charge is 0.407 e. The fraction of sp³-hybridized carbons (Fsp3) is 0.643. The van der Waals surface area contributed by atoms with E-state index < -0.39 is 11.7 Å². The van der Waals surface area contributed by atoms with E-state index in [1.54, 1.807) is 32.2 Å². The van der Waals surface area contributed by atoms with Gasteiger partial charge in [0, 0.05) is 7.05 Å². The lowest BCUT2D eigenvalue weighted by Crippen LogP contribution is -2.34. The quantitative estimate of drug-likeness (QED) is 0.832. The number of hydrogen-bond acceptors (Lipinski definition) is 3. The van der Waals surface area contributed by atoms with Gasteiger partial charge in [-0.05, 0) is 44.7 Å². The molecule has 2 N–H and O–H groups in total. The van der Waals surface area contributed by atoms with Gasteiger partial charge in [-0.2, -0.15) is 0 Å². The third kappa shape index (κ3) is 4.59. The highest BCUT2D eigenvalue weighted by atomic mass is 16.4. The van der Waals surface area contributed by atoms with Gasteiger partial charge in [0.15, 0.2) is 0 Å². The Morgan fingerprint density at radius 2 is 2.16 bits per heavy atom. The Bertz CT molecular complexity index is 394. The van der Waals surface area contributed by atoms with E-state index in [9.17, 15) is 9.90 Å². The van der Waals surface area contributed by atoms with Gasteiger partial charge in [-0.25, -0.2) is 4.79 Å². The zero-order valence-corrected chi connectivity index (χ0v) is 12.0. The van der Waals surface area contributed by atoms with Gasteiger partial charge in [-0.15, -0.1) is 0 Å². The molecule has 108 valence electrons. The minimum atomic E-state index is -0.989. The number of amides is 1. The monoisotopic (exact) mass is 269 g/mol. The summed E-state index contributed by atoms with van der Waals surface area (Å²) in [5.41, 5.74) is -0.746. The molecule has 0 bridgehead atoms. The molecule has 0 aliphatic rings. The van der Waals surface area contributed by atoms with Crippen molar-refractivity contribution in [2.24, 2.45) is 5.92 Å². The van der Waals surface area contributed by atoms with E-state index in [4.69, 9.17) is 9.52 Å². The predicted molar refractivity (Wildman–Crippen MR) is 71.9 cm³/mol. The topological polar surface area (TPSA) is 73.9 Å². The van der Waals surface area contributed by atoms with Gasteiger partial charge in [0.25, 0.3) is 0 Å². The molecule has 1 amide bonds. The van der Waals surface area contributed by atoms with E-state index in [1.807, 2.05) is 6.92 Å². The first-order chi connectivity index (χ1) is 8.72. The molecule has 0 aliphatic carbocycles. The van der Waals surface area contributed by atoms with Crippen molar-refractivity contribution in [3.63, 3.8) is 0 Å². The Hall–Kier alpha value is -1.49. The zero-order chi connectivity index (χ0) is 14.6. The van der Waals surface area contributed by atoms with E-state index in [-0.39, 0.29) is 12.0 Å². The normalized spacial score (nSPS) is 15.0. The third-order valence-electron chi connectivity index (χ3n) is 3.30. The van der Waals surface area contributed by atoms with Crippen LogP contribution >= 0.6 is 0 Å². The molecule has 1 aromatic heterocycles. The number of nitrogens with zero attached hydrogens (tertiary/aromatic N) is 1. The van der Waals surface area contributed by atoms with Crippen LogP contribution in [-0.2, 0) is 0 Å². The first kappa shape index (κ1) is 15.6. The molecular weight excluding hydrogens is 246 g/mol. The van der Waals surface area contributed by atoms with Crippen molar-refractivity contribution in [1.29, 1.82) is 0 Å². The minimum absolute atomic E-state index is 0.0543. The number of furan rings is 1. The van der Waals surface area contributed by atoms with Crippen LogP contribution in [0.15, 0.2) is 22.8 Å². The van der Waals surface area contributed by atoms with Crippen LogP contribution in [0.4, 0.5) is 4.79 Å². The second kappa shape index (κ2) is 6.10. The average Bonchev–Trinajstić information content (AvgIpc) is 2.79. The Morgan fingerprint density at radius 3 is 2.58 bits per heavy atom. The highest BCUT2D eigenvalue weighted by molar-refractivity contribution is 5.65. The summed E-state index contributed by atoms with van der Waals surface area (Å²) in [5.74, 6) is 0.687. The van der Waals surface area contributed by atoms with Crippen molar-refractivity contribution in [3.8, 4) is 0 Å². The summed E-state index contributed by atoms with van der Waals surface area (Å²) in [7, 11) is 1.54. The lowest BCUT2D eigenvalue weighted by molar-refractivity contribution is 0.0550. The molecule has 5 nitrogen and oxygen atoms in total. The number of carbonyl (C=O) groups is 1. The van der Waals surface area contributed by atoms with Crippen LogP contribution in [-0.4, -0.2) is 33.9 Å².